The van der Waals surface area contributed by atoms with Crippen molar-refractivity contribution in [2.45, 2.75) is 26.7 Å². The second-order valence-corrected chi connectivity index (χ2v) is 4.54. The quantitative estimate of drug-likeness (QED) is 0.700. The van der Waals surface area contributed by atoms with Gasteiger partial charge in [0.05, 0.1) is 0 Å². The zero-order chi connectivity index (χ0) is 11.2. The Morgan fingerprint density at radius 3 is 2.43 bits per heavy atom. The third kappa shape index (κ3) is 5.80. The Hall–Kier alpha value is -0.770. The minimum Gasteiger partial charge on any atom is -0.396 e. The maximum absolute atomic E-state index is 11.2. The molecule has 0 aliphatic carbocycles. The van der Waals surface area contributed by atoms with E-state index in [2.05, 4.69) is 19.2 Å². The Balaban J connectivity index is 3.80. The van der Waals surface area contributed by atoms with Gasteiger partial charge in [-0.3, -0.25) is 0 Å². The summed E-state index contributed by atoms with van der Waals surface area (Å²) in [5.74, 6) is 0. The number of rotatable bonds is 5. The first-order chi connectivity index (χ1) is 6.39. The van der Waals surface area contributed by atoms with Crippen LogP contribution >= 0.6 is 0 Å². The third-order valence-corrected chi connectivity index (χ3v) is 2.14. The highest BCUT2D eigenvalue weighted by atomic mass is 16.2. The van der Waals surface area contributed by atoms with Crippen LogP contribution in [0.4, 0.5) is 4.79 Å². The summed E-state index contributed by atoms with van der Waals surface area (Å²) in [5, 5.41) is 11.5. The summed E-state index contributed by atoms with van der Waals surface area (Å²) in [4.78, 5) is 12.7. The molecule has 2 N–H and O–H groups in total. The molecule has 0 aromatic heterocycles. The fraction of sp³-hybridized carbons (Fsp3) is 0.900. The van der Waals surface area contributed by atoms with E-state index in [1.165, 1.54) is 4.90 Å². The lowest BCUT2D eigenvalue weighted by molar-refractivity contribution is 0.204. The smallest absolute Gasteiger partial charge is 0.316 e. The zero-order valence-electron chi connectivity index (χ0n) is 9.63. The van der Waals surface area contributed by atoms with E-state index in [0.717, 1.165) is 12.8 Å². The lowest BCUT2D eigenvalue weighted by Crippen LogP contribution is -2.40. The first-order valence-corrected chi connectivity index (χ1v) is 4.95. The molecule has 0 spiro atoms. The highest BCUT2D eigenvalue weighted by molar-refractivity contribution is 5.73. The Bertz CT molecular complexity index is 179. The molecule has 0 saturated carbocycles. The van der Waals surface area contributed by atoms with Crippen LogP contribution in [-0.2, 0) is 0 Å². The Kier molecular flexibility index (Phi) is 5.53. The second kappa shape index (κ2) is 5.86. The highest BCUT2D eigenvalue weighted by Gasteiger charge is 2.18. The van der Waals surface area contributed by atoms with E-state index >= 15 is 0 Å². The summed E-state index contributed by atoms with van der Waals surface area (Å²) in [5.41, 5.74) is 0.0500. The van der Waals surface area contributed by atoms with Crippen molar-refractivity contribution in [1.29, 1.82) is 0 Å². The van der Waals surface area contributed by atoms with E-state index in [4.69, 9.17) is 5.11 Å². The average molecular weight is 202 g/mol. The van der Waals surface area contributed by atoms with Gasteiger partial charge in [-0.25, -0.2) is 4.79 Å². The standard InChI is InChI=1S/C10H22N2O2/c1-10(2,6-5-7-13)8-11-9(14)12(3)4/h13H,5-8H2,1-4H3,(H,11,14). The second-order valence-electron chi connectivity index (χ2n) is 4.54. The van der Waals surface area contributed by atoms with Crippen LogP contribution in [0.25, 0.3) is 0 Å². The number of hydrogen-bond donors (Lipinski definition) is 2. The van der Waals surface area contributed by atoms with E-state index < -0.39 is 0 Å². The van der Waals surface area contributed by atoms with Crippen LogP contribution in [-0.4, -0.2) is 43.3 Å². The minimum absolute atomic E-state index is 0.0500. The van der Waals surface area contributed by atoms with Crippen molar-refractivity contribution in [3.8, 4) is 0 Å². The molecule has 0 aromatic carbocycles. The normalized spacial score (nSPS) is 11.2. The molecule has 0 aliphatic heterocycles. The molecule has 0 atom stereocenters. The molecule has 84 valence electrons. The van der Waals surface area contributed by atoms with Crippen molar-refractivity contribution in [2.24, 2.45) is 5.41 Å². The average Bonchev–Trinajstić information content (AvgIpc) is 2.11. The molecule has 0 rings (SSSR count). The number of aliphatic hydroxyl groups is 1. The van der Waals surface area contributed by atoms with Crippen molar-refractivity contribution in [1.82, 2.24) is 10.2 Å². The van der Waals surface area contributed by atoms with Gasteiger partial charge in [-0.15, -0.1) is 0 Å². The van der Waals surface area contributed by atoms with Gasteiger partial charge in [-0.2, -0.15) is 0 Å². The maximum Gasteiger partial charge on any atom is 0.316 e. The van der Waals surface area contributed by atoms with Crippen LogP contribution in [0.3, 0.4) is 0 Å². The molecular formula is C10H22N2O2. The Morgan fingerprint density at radius 2 is 2.00 bits per heavy atom. The SMILES string of the molecule is CN(C)C(=O)NCC(C)(C)CCCO. The summed E-state index contributed by atoms with van der Waals surface area (Å²) in [6.07, 6.45) is 1.70. The molecule has 0 saturated heterocycles. The minimum atomic E-state index is -0.0675. The summed E-state index contributed by atoms with van der Waals surface area (Å²) < 4.78 is 0. The molecule has 0 heterocycles. The van der Waals surface area contributed by atoms with Gasteiger partial charge in [-0.1, -0.05) is 13.8 Å². The maximum atomic E-state index is 11.2. The summed E-state index contributed by atoms with van der Waals surface area (Å²) in [6.45, 7) is 5.02. The number of carbonyl (C=O) groups is 1. The van der Waals surface area contributed by atoms with Crippen molar-refractivity contribution in [3.63, 3.8) is 0 Å². The lowest BCUT2D eigenvalue weighted by atomic mass is 9.88. The lowest BCUT2D eigenvalue weighted by Gasteiger charge is -2.25. The summed E-state index contributed by atoms with van der Waals surface area (Å²) in [7, 11) is 3.44. The van der Waals surface area contributed by atoms with Gasteiger partial charge in [0.25, 0.3) is 0 Å². The number of nitrogens with zero attached hydrogens (tertiary/aromatic N) is 1. The van der Waals surface area contributed by atoms with Crippen LogP contribution in [0.5, 0.6) is 0 Å². The van der Waals surface area contributed by atoms with Gasteiger partial charge in [0.1, 0.15) is 0 Å². The number of urea groups is 1. The van der Waals surface area contributed by atoms with Gasteiger partial charge in [-0.05, 0) is 18.3 Å². The molecule has 0 aliphatic rings. The predicted molar refractivity (Wildman–Crippen MR) is 57.2 cm³/mol. The molecule has 0 radical (unpaired) electrons. The van der Waals surface area contributed by atoms with E-state index in [0.29, 0.717) is 6.54 Å². The Morgan fingerprint density at radius 1 is 1.43 bits per heavy atom. The van der Waals surface area contributed by atoms with Crippen LogP contribution in [0.2, 0.25) is 0 Å². The number of nitrogens with one attached hydrogen (secondary N) is 1. The van der Waals surface area contributed by atoms with E-state index in [-0.39, 0.29) is 18.1 Å². The number of carbonyl (C=O) groups excluding carboxylic acids is 1. The highest BCUT2D eigenvalue weighted by Crippen LogP contribution is 2.20. The first-order valence-electron chi connectivity index (χ1n) is 4.95. The van der Waals surface area contributed by atoms with Crippen LogP contribution < -0.4 is 5.32 Å². The van der Waals surface area contributed by atoms with E-state index in [9.17, 15) is 4.79 Å². The van der Waals surface area contributed by atoms with Crippen molar-refractivity contribution in [2.75, 3.05) is 27.2 Å². The number of amides is 2. The van der Waals surface area contributed by atoms with Gasteiger partial charge >= 0.3 is 6.03 Å². The van der Waals surface area contributed by atoms with Gasteiger partial charge in [0, 0.05) is 27.2 Å². The molecule has 14 heavy (non-hydrogen) atoms. The number of aliphatic hydroxyl groups excluding tert-OH is 1. The van der Waals surface area contributed by atoms with Crippen molar-refractivity contribution >= 4 is 6.03 Å². The molecule has 0 unspecified atom stereocenters. The van der Waals surface area contributed by atoms with Crippen LogP contribution in [0.1, 0.15) is 26.7 Å². The summed E-state index contributed by atoms with van der Waals surface area (Å²) in [6, 6.07) is -0.0675. The molecule has 2 amide bonds. The molecule has 0 fully saturated rings. The first kappa shape index (κ1) is 13.2. The van der Waals surface area contributed by atoms with Gasteiger partial charge in [0.2, 0.25) is 0 Å². The molecule has 4 nitrogen and oxygen atoms in total. The monoisotopic (exact) mass is 202 g/mol. The van der Waals surface area contributed by atoms with Crippen molar-refractivity contribution in [3.05, 3.63) is 0 Å². The summed E-state index contributed by atoms with van der Waals surface area (Å²) >= 11 is 0. The molecule has 0 bridgehead atoms. The topological polar surface area (TPSA) is 52.6 Å². The van der Waals surface area contributed by atoms with Gasteiger partial charge in [0.15, 0.2) is 0 Å². The number of hydrogen-bond acceptors (Lipinski definition) is 2. The van der Waals surface area contributed by atoms with E-state index in [1.807, 2.05) is 0 Å². The van der Waals surface area contributed by atoms with Crippen molar-refractivity contribution < 1.29 is 9.90 Å². The van der Waals surface area contributed by atoms with Gasteiger partial charge < -0.3 is 15.3 Å². The molecule has 4 heteroatoms. The van der Waals surface area contributed by atoms with Crippen LogP contribution in [0, 0.1) is 5.41 Å². The molecule has 0 aromatic rings. The van der Waals surface area contributed by atoms with E-state index in [1.54, 1.807) is 14.1 Å². The fourth-order valence-corrected chi connectivity index (χ4v) is 1.12. The third-order valence-electron chi connectivity index (χ3n) is 2.14. The Labute approximate surface area is 86.3 Å². The van der Waals surface area contributed by atoms with Crippen LogP contribution in [0.15, 0.2) is 0 Å². The molecular weight excluding hydrogens is 180 g/mol. The fourth-order valence-electron chi connectivity index (χ4n) is 1.12. The largest absolute Gasteiger partial charge is 0.396 e. The predicted octanol–water partition coefficient (Wildman–Crippen LogP) is 1.06. The zero-order valence-corrected chi connectivity index (χ0v) is 9.63.